The van der Waals surface area contributed by atoms with Crippen LogP contribution in [0.2, 0.25) is 0 Å². The Morgan fingerprint density at radius 3 is 3.06 bits per heavy atom. The fourth-order valence-corrected chi connectivity index (χ4v) is 2.11. The maximum Gasteiger partial charge on any atom is 0.337 e. The molecule has 0 spiro atoms. The summed E-state index contributed by atoms with van der Waals surface area (Å²) in [5.74, 6) is -0.962. The number of aromatic nitrogens is 2. The highest BCUT2D eigenvalue weighted by molar-refractivity contribution is 7.09. The third-order valence-corrected chi connectivity index (χ3v) is 3.27. The fourth-order valence-electron chi connectivity index (χ4n) is 1.39. The summed E-state index contributed by atoms with van der Waals surface area (Å²) in [4.78, 5) is 20.1. The van der Waals surface area contributed by atoms with Gasteiger partial charge in [-0.05, 0) is 13.0 Å². The number of nitrogens with zero attached hydrogens (tertiary/aromatic N) is 2. The third kappa shape index (κ3) is 2.59. The highest BCUT2D eigenvalue weighted by atomic mass is 32.1. The predicted octanol–water partition coefficient (Wildman–Crippen LogP) is 2.16. The van der Waals surface area contributed by atoms with E-state index in [4.69, 9.17) is 5.11 Å². The van der Waals surface area contributed by atoms with Gasteiger partial charge in [-0.2, -0.15) is 0 Å². The van der Waals surface area contributed by atoms with Crippen LogP contribution in [0.25, 0.3) is 0 Å². The topological polar surface area (TPSA) is 75.1 Å². The average Bonchev–Trinajstić information content (AvgIpc) is 2.72. The van der Waals surface area contributed by atoms with Crippen LogP contribution in [0.4, 0.5) is 5.69 Å². The number of aryl methyl sites for hydroxylation is 1. The highest BCUT2D eigenvalue weighted by Crippen LogP contribution is 2.17. The molecule has 0 atom stereocenters. The van der Waals surface area contributed by atoms with Gasteiger partial charge in [-0.3, -0.25) is 4.98 Å². The molecule has 2 aromatic rings. The zero-order valence-corrected chi connectivity index (χ0v) is 9.99. The minimum Gasteiger partial charge on any atom is -0.478 e. The summed E-state index contributed by atoms with van der Waals surface area (Å²) in [7, 11) is 0. The second-order valence-electron chi connectivity index (χ2n) is 3.44. The molecular formula is C11H11N3O2S. The van der Waals surface area contributed by atoms with Crippen molar-refractivity contribution in [3.63, 3.8) is 0 Å². The monoisotopic (exact) mass is 249 g/mol. The molecule has 2 N–H and O–H groups in total. The van der Waals surface area contributed by atoms with E-state index in [-0.39, 0.29) is 5.56 Å². The smallest absolute Gasteiger partial charge is 0.337 e. The number of hydrogen-bond donors (Lipinski definition) is 2. The third-order valence-electron chi connectivity index (χ3n) is 2.34. The Morgan fingerprint density at radius 2 is 2.41 bits per heavy atom. The van der Waals surface area contributed by atoms with E-state index >= 15 is 0 Å². The Morgan fingerprint density at radius 1 is 1.59 bits per heavy atom. The SMILES string of the molecule is Cc1ncsc1CNc1cnccc1C(=O)O. The number of carbonyl (C=O) groups is 1. The average molecular weight is 249 g/mol. The number of pyridine rings is 1. The normalized spacial score (nSPS) is 10.2. The first-order valence-corrected chi connectivity index (χ1v) is 5.86. The van der Waals surface area contributed by atoms with E-state index in [1.54, 1.807) is 16.8 Å². The Kier molecular flexibility index (Phi) is 3.34. The molecule has 0 saturated heterocycles. The summed E-state index contributed by atoms with van der Waals surface area (Å²) in [6, 6.07) is 1.48. The highest BCUT2D eigenvalue weighted by Gasteiger charge is 2.09. The summed E-state index contributed by atoms with van der Waals surface area (Å²) in [5, 5.41) is 12.1. The van der Waals surface area contributed by atoms with Gasteiger partial charge in [0.25, 0.3) is 0 Å². The molecule has 0 bridgehead atoms. The molecule has 6 heteroatoms. The molecular weight excluding hydrogens is 238 g/mol. The van der Waals surface area contributed by atoms with Crippen LogP contribution >= 0.6 is 11.3 Å². The van der Waals surface area contributed by atoms with Gasteiger partial charge >= 0.3 is 5.97 Å². The van der Waals surface area contributed by atoms with Gasteiger partial charge in [0.2, 0.25) is 0 Å². The second kappa shape index (κ2) is 4.92. The van der Waals surface area contributed by atoms with Crippen molar-refractivity contribution in [2.45, 2.75) is 13.5 Å². The quantitative estimate of drug-likeness (QED) is 0.868. The van der Waals surface area contributed by atoms with Crippen LogP contribution in [-0.2, 0) is 6.54 Å². The first-order chi connectivity index (χ1) is 8.18. The molecule has 2 rings (SSSR count). The number of anilines is 1. The Bertz CT molecular complexity index is 539. The maximum atomic E-state index is 11.0. The van der Waals surface area contributed by atoms with Crippen LogP contribution in [0.15, 0.2) is 24.0 Å². The minimum absolute atomic E-state index is 0.224. The van der Waals surface area contributed by atoms with Crippen LogP contribution in [0.3, 0.4) is 0 Å². The van der Waals surface area contributed by atoms with E-state index in [0.29, 0.717) is 12.2 Å². The lowest BCUT2D eigenvalue weighted by Crippen LogP contribution is -2.06. The Hall–Kier alpha value is -1.95. The first-order valence-electron chi connectivity index (χ1n) is 4.98. The number of aromatic carboxylic acids is 1. The fraction of sp³-hybridized carbons (Fsp3) is 0.182. The van der Waals surface area contributed by atoms with Crippen LogP contribution < -0.4 is 5.32 Å². The molecule has 0 fully saturated rings. The summed E-state index contributed by atoms with van der Waals surface area (Å²) in [6.45, 7) is 2.48. The zero-order chi connectivity index (χ0) is 12.3. The second-order valence-corrected chi connectivity index (χ2v) is 4.38. The maximum absolute atomic E-state index is 11.0. The minimum atomic E-state index is -0.962. The van der Waals surface area contributed by atoms with Crippen LogP contribution in [-0.4, -0.2) is 21.0 Å². The Labute approximate surface area is 102 Å². The van der Waals surface area contributed by atoms with Crippen molar-refractivity contribution in [3.8, 4) is 0 Å². The lowest BCUT2D eigenvalue weighted by atomic mass is 10.2. The van der Waals surface area contributed by atoms with Gasteiger partial charge in [-0.15, -0.1) is 11.3 Å². The van der Waals surface area contributed by atoms with Gasteiger partial charge in [0.1, 0.15) is 0 Å². The first kappa shape index (κ1) is 11.5. The lowest BCUT2D eigenvalue weighted by Gasteiger charge is -2.07. The molecule has 0 saturated carbocycles. The molecule has 0 aliphatic carbocycles. The van der Waals surface area contributed by atoms with E-state index < -0.39 is 5.97 Å². The lowest BCUT2D eigenvalue weighted by molar-refractivity contribution is 0.0698. The van der Waals surface area contributed by atoms with E-state index in [0.717, 1.165) is 10.6 Å². The van der Waals surface area contributed by atoms with Gasteiger partial charge in [-0.25, -0.2) is 9.78 Å². The number of nitrogens with one attached hydrogen (secondary N) is 1. The largest absolute Gasteiger partial charge is 0.478 e. The van der Waals surface area contributed by atoms with Crippen molar-refractivity contribution in [1.82, 2.24) is 9.97 Å². The van der Waals surface area contributed by atoms with E-state index in [1.165, 1.54) is 18.5 Å². The van der Waals surface area contributed by atoms with Gasteiger partial charge in [-0.1, -0.05) is 0 Å². The molecule has 5 nitrogen and oxygen atoms in total. The molecule has 2 heterocycles. The standard InChI is InChI=1S/C11H11N3O2S/c1-7-10(17-6-14-7)5-13-9-4-12-3-2-8(9)11(15)16/h2-4,6,13H,5H2,1H3,(H,15,16). The summed E-state index contributed by atoms with van der Waals surface area (Å²) >= 11 is 1.54. The van der Waals surface area contributed by atoms with Gasteiger partial charge in [0, 0.05) is 11.1 Å². The molecule has 88 valence electrons. The van der Waals surface area contributed by atoms with E-state index in [1.807, 2.05) is 6.92 Å². The van der Waals surface area contributed by atoms with Crippen LogP contribution in [0.5, 0.6) is 0 Å². The van der Waals surface area contributed by atoms with Gasteiger partial charge in [0.15, 0.2) is 0 Å². The molecule has 0 amide bonds. The molecule has 0 aromatic carbocycles. The number of carboxylic acids is 1. The number of carboxylic acid groups (broad SMARTS) is 1. The summed E-state index contributed by atoms with van der Waals surface area (Å²) < 4.78 is 0. The number of hydrogen-bond acceptors (Lipinski definition) is 5. The molecule has 0 aliphatic rings. The predicted molar refractivity (Wildman–Crippen MR) is 65.4 cm³/mol. The van der Waals surface area contributed by atoms with Crippen molar-refractivity contribution < 1.29 is 9.90 Å². The molecule has 0 radical (unpaired) electrons. The van der Waals surface area contributed by atoms with E-state index in [9.17, 15) is 4.79 Å². The van der Waals surface area contributed by atoms with E-state index in [2.05, 4.69) is 15.3 Å². The van der Waals surface area contributed by atoms with Crippen molar-refractivity contribution in [1.29, 1.82) is 0 Å². The summed E-state index contributed by atoms with van der Waals surface area (Å²) in [6.07, 6.45) is 2.98. The number of thiazole rings is 1. The Balaban J connectivity index is 2.14. The number of rotatable bonds is 4. The molecule has 0 aliphatic heterocycles. The zero-order valence-electron chi connectivity index (χ0n) is 9.17. The van der Waals surface area contributed by atoms with Gasteiger partial charge < -0.3 is 10.4 Å². The molecule has 17 heavy (non-hydrogen) atoms. The van der Waals surface area contributed by atoms with Crippen molar-refractivity contribution in [2.24, 2.45) is 0 Å². The van der Waals surface area contributed by atoms with Crippen molar-refractivity contribution in [3.05, 3.63) is 40.1 Å². The van der Waals surface area contributed by atoms with Crippen molar-refractivity contribution >= 4 is 23.0 Å². The van der Waals surface area contributed by atoms with Crippen LogP contribution in [0.1, 0.15) is 20.9 Å². The van der Waals surface area contributed by atoms with Crippen LogP contribution in [0, 0.1) is 6.92 Å². The van der Waals surface area contributed by atoms with Gasteiger partial charge in [0.05, 0.1) is 35.2 Å². The molecule has 2 aromatic heterocycles. The van der Waals surface area contributed by atoms with Crippen molar-refractivity contribution in [2.75, 3.05) is 5.32 Å². The summed E-state index contributed by atoms with van der Waals surface area (Å²) in [5.41, 5.74) is 3.48. The molecule has 0 unspecified atom stereocenters.